The molecule has 0 unspecified atom stereocenters. The van der Waals surface area contributed by atoms with Crippen LogP contribution in [0.1, 0.15) is 21.6 Å². The topological polar surface area (TPSA) is 96.9 Å². The number of aryl methyl sites for hydroxylation is 3. The van der Waals surface area contributed by atoms with Crippen LogP contribution >= 0.6 is 0 Å². The summed E-state index contributed by atoms with van der Waals surface area (Å²) in [5.41, 5.74) is 3.40. The molecule has 2 aromatic carbocycles. The lowest BCUT2D eigenvalue weighted by molar-refractivity contribution is 0.102. The number of para-hydroxylation sites is 1. The molecular formula is C23H18N4O3. The quantitative estimate of drug-likeness (QED) is 0.555. The van der Waals surface area contributed by atoms with Crippen LogP contribution in [0.4, 0.5) is 5.69 Å². The lowest BCUT2D eigenvalue weighted by atomic mass is 10.1. The average molecular weight is 398 g/mol. The molecule has 0 aliphatic carbocycles. The third kappa shape index (κ3) is 3.00. The summed E-state index contributed by atoms with van der Waals surface area (Å²) in [4.78, 5) is 44.6. The van der Waals surface area contributed by atoms with E-state index in [4.69, 9.17) is 0 Å². The minimum Gasteiger partial charge on any atom is -0.346 e. The number of hydrogen-bond acceptors (Lipinski definition) is 4. The SMILES string of the molecule is Cc1cc(=O)[nH]c(-c2cccc(NC(=O)c3cn4c5c(cccc5c3=O)CC4)c2)n1. The molecule has 2 aromatic heterocycles. The molecule has 7 heteroatoms. The van der Waals surface area contributed by atoms with E-state index in [1.807, 2.05) is 16.7 Å². The first-order chi connectivity index (χ1) is 14.5. The number of rotatable bonds is 3. The molecule has 0 spiro atoms. The van der Waals surface area contributed by atoms with Gasteiger partial charge in [0, 0.05) is 41.1 Å². The molecule has 0 saturated carbocycles. The minimum atomic E-state index is -0.467. The van der Waals surface area contributed by atoms with Gasteiger partial charge in [0.2, 0.25) is 5.43 Å². The standard InChI is InChI=1S/C23H18N4O3/c1-13-10-19(28)26-22(24-13)15-5-2-6-16(11-15)25-23(30)18-12-27-9-8-14-4-3-7-17(20(14)27)21(18)29/h2-7,10-12H,8-9H2,1H3,(H,25,30)(H,24,26,28). The molecule has 0 bridgehead atoms. The molecule has 0 radical (unpaired) electrons. The van der Waals surface area contributed by atoms with Crippen LogP contribution in [0.25, 0.3) is 22.3 Å². The third-order valence-corrected chi connectivity index (χ3v) is 5.31. The van der Waals surface area contributed by atoms with Crippen LogP contribution in [0.3, 0.4) is 0 Å². The molecule has 4 aromatic rings. The number of benzene rings is 2. The number of carbonyl (C=O) groups is 1. The zero-order valence-corrected chi connectivity index (χ0v) is 16.2. The summed E-state index contributed by atoms with van der Waals surface area (Å²) in [5.74, 6) is -0.0478. The number of aromatic nitrogens is 3. The Labute approximate surface area is 171 Å². The Hall–Kier alpha value is -4.00. The van der Waals surface area contributed by atoms with E-state index in [0.29, 0.717) is 28.2 Å². The summed E-state index contributed by atoms with van der Waals surface area (Å²) >= 11 is 0. The highest BCUT2D eigenvalue weighted by Gasteiger charge is 2.20. The Morgan fingerprint density at radius 1 is 1.13 bits per heavy atom. The van der Waals surface area contributed by atoms with Gasteiger partial charge in [-0.25, -0.2) is 4.98 Å². The minimum absolute atomic E-state index is 0.106. The summed E-state index contributed by atoms with van der Waals surface area (Å²) in [6.45, 7) is 2.49. The summed E-state index contributed by atoms with van der Waals surface area (Å²) in [5, 5.41) is 3.36. The Kier molecular flexibility index (Phi) is 4.10. The summed E-state index contributed by atoms with van der Waals surface area (Å²) in [7, 11) is 0. The van der Waals surface area contributed by atoms with Crippen LogP contribution < -0.4 is 16.3 Å². The van der Waals surface area contributed by atoms with Gasteiger partial charge in [-0.3, -0.25) is 14.4 Å². The van der Waals surface area contributed by atoms with E-state index in [1.165, 1.54) is 6.07 Å². The van der Waals surface area contributed by atoms with E-state index in [1.54, 1.807) is 43.5 Å². The van der Waals surface area contributed by atoms with Gasteiger partial charge in [-0.05, 0) is 37.1 Å². The largest absolute Gasteiger partial charge is 0.346 e. The fourth-order valence-corrected chi connectivity index (χ4v) is 3.98. The van der Waals surface area contributed by atoms with Crippen molar-refractivity contribution >= 4 is 22.5 Å². The number of nitrogens with one attached hydrogen (secondary N) is 2. The molecule has 1 amide bonds. The van der Waals surface area contributed by atoms with Crippen molar-refractivity contribution in [2.45, 2.75) is 19.9 Å². The Morgan fingerprint density at radius 3 is 2.80 bits per heavy atom. The fourth-order valence-electron chi connectivity index (χ4n) is 3.98. The van der Waals surface area contributed by atoms with Crippen molar-refractivity contribution in [3.63, 3.8) is 0 Å². The molecule has 7 nitrogen and oxygen atoms in total. The zero-order valence-electron chi connectivity index (χ0n) is 16.2. The maximum Gasteiger partial charge on any atom is 0.261 e. The van der Waals surface area contributed by atoms with E-state index in [2.05, 4.69) is 15.3 Å². The highest BCUT2D eigenvalue weighted by atomic mass is 16.2. The van der Waals surface area contributed by atoms with Gasteiger partial charge >= 0.3 is 0 Å². The number of aromatic amines is 1. The van der Waals surface area contributed by atoms with Crippen LogP contribution in [0.2, 0.25) is 0 Å². The first-order valence-electron chi connectivity index (χ1n) is 9.64. The van der Waals surface area contributed by atoms with Gasteiger partial charge in [0.05, 0.1) is 5.52 Å². The molecule has 1 aliphatic rings. The number of pyridine rings is 1. The predicted octanol–water partition coefficient (Wildman–Crippen LogP) is 2.87. The fraction of sp³-hybridized carbons (Fsp3) is 0.130. The molecule has 148 valence electrons. The Bertz CT molecular complexity index is 1450. The first kappa shape index (κ1) is 18.1. The van der Waals surface area contributed by atoms with Crippen LogP contribution in [0, 0.1) is 6.92 Å². The number of hydrogen-bond donors (Lipinski definition) is 2. The Balaban J connectivity index is 1.51. The van der Waals surface area contributed by atoms with Gasteiger partial charge in [0.25, 0.3) is 11.5 Å². The normalized spacial score (nSPS) is 12.3. The second kappa shape index (κ2) is 6.81. The van der Waals surface area contributed by atoms with Crippen molar-refractivity contribution in [2.24, 2.45) is 0 Å². The van der Waals surface area contributed by atoms with Crippen LogP contribution in [-0.4, -0.2) is 20.4 Å². The molecule has 1 aliphatic heterocycles. The van der Waals surface area contributed by atoms with Crippen molar-refractivity contribution in [3.8, 4) is 11.4 Å². The molecule has 5 rings (SSSR count). The van der Waals surface area contributed by atoms with Crippen LogP contribution in [-0.2, 0) is 13.0 Å². The van der Waals surface area contributed by atoms with E-state index < -0.39 is 5.91 Å². The smallest absolute Gasteiger partial charge is 0.261 e. The van der Waals surface area contributed by atoms with Crippen LogP contribution in [0.15, 0.2) is 64.3 Å². The molecular weight excluding hydrogens is 380 g/mol. The summed E-state index contributed by atoms with van der Waals surface area (Å²) < 4.78 is 1.97. The van der Waals surface area contributed by atoms with Crippen molar-refractivity contribution in [1.82, 2.24) is 14.5 Å². The maximum absolute atomic E-state index is 12.9. The van der Waals surface area contributed by atoms with Crippen molar-refractivity contribution < 1.29 is 4.79 Å². The van der Waals surface area contributed by atoms with Gasteiger partial charge in [-0.1, -0.05) is 24.3 Å². The summed E-state index contributed by atoms with van der Waals surface area (Å²) in [6, 6.07) is 14.0. The van der Waals surface area contributed by atoms with E-state index in [-0.39, 0.29) is 16.6 Å². The third-order valence-electron chi connectivity index (χ3n) is 5.31. The van der Waals surface area contributed by atoms with Crippen molar-refractivity contribution in [2.75, 3.05) is 5.32 Å². The van der Waals surface area contributed by atoms with E-state index in [9.17, 15) is 14.4 Å². The van der Waals surface area contributed by atoms with Gasteiger partial charge in [-0.2, -0.15) is 0 Å². The molecule has 0 saturated heterocycles. The monoisotopic (exact) mass is 398 g/mol. The van der Waals surface area contributed by atoms with Crippen LogP contribution in [0.5, 0.6) is 0 Å². The highest BCUT2D eigenvalue weighted by molar-refractivity contribution is 6.06. The number of H-pyrrole nitrogens is 1. The van der Waals surface area contributed by atoms with Gasteiger partial charge in [0.15, 0.2) is 0 Å². The number of nitrogens with zero attached hydrogens (tertiary/aromatic N) is 2. The van der Waals surface area contributed by atoms with E-state index >= 15 is 0 Å². The first-order valence-corrected chi connectivity index (χ1v) is 9.64. The molecule has 30 heavy (non-hydrogen) atoms. The number of carbonyl (C=O) groups excluding carboxylic acids is 1. The lowest BCUT2D eigenvalue weighted by Gasteiger charge is -2.10. The number of amides is 1. The second-order valence-corrected chi connectivity index (χ2v) is 7.40. The molecule has 2 N–H and O–H groups in total. The van der Waals surface area contributed by atoms with Crippen molar-refractivity contribution in [1.29, 1.82) is 0 Å². The molecule has 3 heterocycles. The average Bonchev–Trinajstić information content (AvgIpc) is 3.14. The Morgan fingerprint density at radius 2 is 1.97 bits per heavy atom. The lowest BCUT2D eigenvalue weighted by Crippen LogP contribution is -2.23. The van der Waals surface area contributed by atoms with Gasteiger partial charge < -0.3 is 14.9 Å². The highest BCUT2D eigenvalue weighted by Crippen LogP contribution is 2.24. The maximum atomic E-state index is 12.9. The zero-order chi connectivity index (χ0) is 20.8. The van der Waals surface area contributed by atoms with Gasteiger partial charge in [-0.15, -0.1) is 0 Å². The second-order valence-electron chi connectivity index (χ2n) is 7.40. The van der Waals surface area contributed by atoms with Crippen molar-refractivity contribution in [3.05, 3.63) is 92.1 Å². The molecule has 0 fully saturated rings. The molecule has 0 atom stereocenters. The van der Waals surface area contributed by atoms with Gasteiger partial charge in [0.1, 0.15) is 11.4 Å². The predicted molar refractivity (Wildman–Crippen MR) is 115 cm³/mol. The number of anilines is 1. The van der Waals surface area contributed by atoms with E-state index in [0.717, 1.165) is 24.0 Å². The summed E-state index contributed by atoms with van der Waals surface area (Å²) in [6.07, 6.45) is 2.49.